The highest BCUT2D eigenvalue weighted by atomic mass is 16.5. The fourth-order valence-corrected chi connectivity index (χ4v) is 3.16. The Hall–Kier alpha value is -0.530. The van der Waals surface area contributed by atoms with E-state index < -0.39 is 0 Å². The Labute approximate surface area is 106 Å². The van der Waals surface area contributed by atoms with Crippen molar-refractivity contribution in [2.45, 2.75) is 72.6 Å². The number of hydrogen-bond acceptors (Lipinski definition) is 2. The predicted molar refractivity (Wildman–Crippen MR) is 70.8 cm³/mol. The monoisotopic (exact) mass is 240 g/mol. The summed E-state index contributed by atoms with van der Waals surface area (Å²) < 4.78 is 5.21. The Bertz CT molecular complexity index is 262. The third-order valence-corrected chi connectivity index (χ3v) is 4.65. The molecule has 2 nitrogen and oxygen atoms in total. The first-order valence-corrected chi connectivity index (χ1v) is 7.23. The summed E-state index contributed by atoms with van der Waals surface area (Å²) >= 11 is 0. The Kier molecular flexibility index (Phi) is 5.03. The highest BCUT2D eigenvalue weighted by molar-refractivity contribution is 5.81. The molecule has 0 amide bonds. The second-order valence-corrected chi connectivity index (χ2v) is 5.67. The van der Waals surface area contributed by atoms with E-state index in [1.165, 1.54) is 32.1 Å². The van der Waals surface area contributed by atoms with Crippen LogP contribution in [-0.4, -0.2) is 12.6 Å². The van der Waals surface area contributed by atoms with Crippen molar-refractivity contribution >= 4 is 5.97 Å². The molecule has 0 radical (unpaired) electrons. The van der Waals surface area contributed by atoms with E-state index in [9.17, 15) is 4.79 Å². The molecule has 0 saturated heterocycles. The van der Waals surface area contributed by atoms with Gasteiger partial charge in [0.25, 0.3) is 0 Å². The van der Waals surface area contributed by atoms with Crippen LogP contribution in [0.3, 0.4) is 0 Å². The minimum atomic E-state index is -0.191. The first kappa shape index (κ1) is 14.5. The van der Waals surface area contributed by atoms with E-state index in [1.807, 2.05) is 6.92 Å². The van der Waals surface area contributed by atoms with E-state index in [0.717, 1.165) is 12.8 Å². The molecule has 0 aromatic carbocycles. The molecule has 0 bridgehead atoms. The van der Waals surface area contributed by atoms with E-state index in [1.54, 1.807) is 0 Å². The molecule has 0 N–H and O–H groups in total. The average Bonchev–Trinajstić information content (AvgIpc) is 2.93. The Morgan fingerprint density at radius 1 is 1.18 bits per heavy atom. The standard InChI is InChI=1S/C15H28O2/c1-5-8-9-10-11-15(6-2)12-14(15,4)13(16)17-7-3/h5-12H2,1-4H3/t14-,15+/m1/s1. The zero-order chi connectivity index (χ0) is 12.9. The third-order valence-electron chi connectivity index (χ3n) is 4.65. The van der Waals surface area contributed by atoms with Crippen molar-refractivity contribution in [3.05, 3.63) is 0 Å². The van der Waals surface area contributed by atoms with Crippen LogP contribution in [0.5, 0.6) is 0 Å². The van der Waals surface area contributed by atoms with Crippen LogP contribution in [0.4, 0.5) is 0 Å². The summed E-state index contributed by atoms with van der Waals surface area (Å²) in [6.45, 7) is 8.93. The van der Waals surface area contributed by atoms with E-state index >= 15 is 0 Å². The molecule has 17 heavy (non-hydrogen) atoms. The topological polar surface area (TPSA) is 26.3 Å². The quantitative estimate of drug-likeness (QED) is 0.466. The lowest BCUT2D eigenvalue weighted by molar-refractivity contribution is -0.150. The van der Waals surface area contributed by atoms with Crippen molar-refractivity contribution in [1.29, 1.82) is 0 Å². The summed E-state index contributed by atoms with van der Waals surface area (Å²) in [4.78, 5) is 12.0. The molecule has 0 unspecified atom stereocenters. The highest BCUT2D eigenvalue weighted by Crippen LogP contribution is 2.68. The van der Waals surface area contributed by atoms with Gasteiger partial charge < -0.3 is 4.74 Å². The summed E-state index contributed by atoms with van der Waals surface area (Å²) in [7, 11) is 0. The molecular weight excluding hydrogens is 212 g/mol. The van der Waals surface area contributed by atoms with Crippen LogP contribution < -0.4 is 0 Å². The summed E-state index contributed by atoms with van der Waals surface area (Å²) in [6, 6.07) is 0. The van der Waals surface area contributed by atoms with Gasteiger partial charge in [0, 0.05) is 0 Å². The van der Waals surface area contributed by atoms with Gasteiger partial charge in [0.15, 0.2) is 0 Å². The average molecular weight is 240 g/mol. The number of carbonyl (C=O) groups excluding carboxylic acids is 1. The number of unbranched alkanes of at least 4 members (excludes halogenated alkanes) is 3. The third kappa shape index (κ3) is 2.83. The number of esters is 1. The Morgan fingerprint density at radius 2 is 1.88 bits per heavy atom. The molecule has 2 atom stereocenters. The van der Waals surface area contributed by atoms with Crippen molar-refractivity contribution < 1.29 is 9.53 Å². The normalized spacial score (nSPS) is 31.3. The van der Waals surface area contributed by atoms with E-state index in [2.05, 4.69) is 20.8 Å². The largest absolute Gasteiger partial charge is 0.466 e. The first-order chi connectivity index (χ1) is 8.06. The van der Waals surface area contributed by atoms with E-state index in [0.29, 0.717) is 6.61 Å². The lowest BCUT2D eigenvalue weighted by atomic mass is 9.86. The molecule has 0 aromatic heterocycles. The number of ether oxygens (including phenoxy) is 1. The second-order valence-electron chi connectivity index (χ2n) is 5.67. The Morgan fingerprint density at radius 3 is 2.41 bits per heavy atom. The first-order valence-electron chi connectivity index (χ1n) is 7.23. The van der Waals surface area contributed by atoms with Gasteiger partial charge in [-0.1, -0.05) is 39.5 Å². The van der Waals surface area contributed by atoms with Gasteiger partial charge >= 0.3 is 5.97 Å². The minimum absolute atomic E-state index is 0.0253. The predicted octanol–water partition coefficient (Wildman–Crippen LogP) is 4.33. The second kappa shape index (κ2) is 5.88. The van der Waals surface area contributed by atoms with Crippen LogP contribution in [0.2, 0.25) is 0 Å². The van der Waals surface area contributed by atoms with Crippen LogP contribution in [0, 0.1) is 10.8 Å². The molecule has 1 rings (SSSR count). The highest BCUT2D eigenvalue weighted by Gasteiger charge is 2.67. The van der Waals surface area contributed by atoms with Crippen molar-refractivity contribution in [3.63, 3.8) is 0 Å². The maximum absolute atomic E-state index is 12.0. The number of rotatable bonds is 8. The molecule has 1 fully saturated rings. The van der Waals surface area contributed by atoms with Crippen LogP contribution in [0.15, 0.2) is 0 Å². The molecule has 0 aliphatic heterocycles. The molecule has 0 heterocycles. The van der Waals surface area contributed by atoms with Crippen LogP contribution in [0.1, 0.15) is 72.6 Å². The van der Waals surface area contributed by atoms with Gasteiger partial charge in [-0.25, -0.2) is 0 Å². The van der Waals surface area contributed by atoms with Crippen LogP contribution >= 0.6 is 0 Å². The lowest BCUT2D eigenvalue weighted by Gasteiger charge is -2.20. The van der Waals surface area contributed by atoms with Gasteiger partial charge in [-0.2, -0.15) is 0 Å². The van der Waals surface area contributed by atoms with Crippen LogP contribution in [0.25, 0.3) is 0 Å². The molecule has 0 aromatic rings. The van der Waals surface area contributed by atoms with Crippen molar-refractivity contribution in [3.8, 4) is 0 Å². The summed E-state index contributed by atoms with van der Waals surface area (Å²) in [5.74, 6) is 0.0253. The maximum atomic E-state index is 12.0. The Balaban J connectivity index is 2.47. The summed E-state index contributed by atoms with van der Waals surface area (Å²) in [5.41, 5.74) is 0.0525. The number of carbonyl (C=O) groups is 1. The van der Waals surface area contributed by atoms with Crippen molar-refractivity contribution in [2.75, 3.05) is 6.61 Å². The summed E-state index contributed by atoms with van der Waals surface area (Å²) in [6.07, 6.45) is 8.48. The summed E-state index contributed by atoms with van der Waals surface area (Å²) in [5, 5.41) is 0. The zero-order valence-electron chi connectivity index (χ0n) is 12.0. The molecule has 100 valence electrons. The van der Waals surface area contributed by atoms with E-state index in [4.69, 9.17) is 4.74 Å². The van der Waals surface area contributed by atoms with Gasteiger partial charge in [0.1, 0.15) is 0 Å². The molecule has 1 saturated carbocycles. The van der Waals surface area contributed by atoms with Crippen molar-refractivity contribution in [1.82, 2.24) is 0 Å². The smallest absolute Gasteiger partial charge is 0.312 e. The van der Waals surface area contributed by atoms with Gasteiger partial charge in [0.2, 0.25) is 0 Å². The molecule has 1 aliphatic rings. The molecule has 0 spiro atoms. The van der Waals surface area contributed by atoms with Gasteiger partial charge in [-0.15, -0.1) is 0 Å². The van der Waals surface area contributed by atoms with Gasteiger partial charge in [-0.05, 0) is 38.5 Å². The molecule has 1 aliphatic carbocycles. The zero-order valence-corrected chi connectivity index (χ0v) is 12.0. The van der Waals surface area contributed by atoms with Gasteiger partial charge in [0.05, 0.1) is 12.0 Å². The van der Waals surface area contributed by atoms with E-state index in [-0.39, 0.29) is 16.8 Å². The minimum Gasteiger partial charge on any atom is -0.466 e. The lowest BCUT2D eigenvalue weighted by Crippen LogP contribution is -2.23. The van der Waals surface area contributed by atoms with Crippen LogP contribution in [-0.2, 0) is 9.53 Å². The fourth-order valence-electron chi connectivity index (χ4n) is 3.16. The number of hydrogen-bond donors (Lipinski definition) is 0. The SMILES string of the molecule is CCCCCC[C@@]1(CC)C[C@]1(C)C(=O)OCC. The maximum Gasteiger partial charge on any atom is 0.312 e. The van der Waals surface area contributed by atoms with Crippen molar-refractivity contribution in [2.24, 2.45) is 10.8 Å². The fraction of sp³-hybridized carbons (Fsp3) is 0.933. The molecule has 2 heteroatoms. The van der Waals surface area contributed by atoms with Gasteiger partial charge in [-0.3, -0.25) is 4.79 Å². The molecular formula is C15H28O2.